The van der Waals surface area contributed by atoms with E-state index in [1.807, 2.05) is 0 Å². The van der Waals surface area contributed by atoms with Gasteiger partial charge in [-0.15, -0.1) is 0 Å². The van der Waals surface area contributed by atoms with E-state index in [0.717, 1.165) is 0 Å². The standard InChI is InChI=1S/C11H11ClO5/c1-11(2)16-7-4-5(8(13)10(14)15)3-6(12)9(7)17-11/h3-4,8,13H,1-2H3,(H,14,15). The van der Waals surface area contributed by atoms with Crippen molar-refractivity contribution in [1.82, 2.24) is 0 Å². The average Bonchev–Trinajstić information content (AvgIpc) is 2.51. The van der Waals surface area contributed by atoms with Gasteiger partial charge in [0.2, 0.25) is 5.79 Å². The number of halogens is 1. The fourth-order valence-corrected chi connectivity index (χ4v) is 1.85. The lowest BCUT2D eigenvalue weighted by atomic mass is 10.1. The summed E-state index contributed by atoms with van der Waals surface area (Å²) in [5.74, 6) is -1.51. The number of aliphatic carboxylic acids is 1. The highest BCUT2D eigenvalue weighted by Crippen LogP contribution is 2.45. The number of aliphatic hydroxyl groups is 1. The van der Waals surface area contributed by atoms with E-state index in [4.69, 9.17) is 26.2 Å². The lowest BCUT2D eigenvalue weighted by Gasteiger charge is -2.16. The van der Waals surface area contributed by atoms with E-state index >= 15 is 0 Å². The predicted octanol–water partition coefficient (Wildman–Crippen LogP) is 1.97. The fourth-order valence-electron chi connectivity index (χ4n) is 1.59. The van der Waals surface area contributed by atoms with Crippen LogP contribution in [0.4, 0.5) is 0 Å². The van der Waals surface area contributed by atoms with Crippen LogP contribution < -0.4 is 9.47 Å². The Morgan fingerprint density at radius 2 is 2.06 bits per heavy atom. The van der Waals surface area contributed by atoms with Gasteiger partial charge in [0.05, 0.1) is 5.02 Å². The zero-order chi connectivity index (χ0) is 12.8. The molecule has 0 bridgehead atoms. The SMILES string of the molecule is CC1(C)Oc2cc(C(O)C(=O)O)cc(Cl)c2O1. The number of fused-ring (bicyclic) bond motifs is 1. The van der Waals surface area contributed by atoms with Gasteiger partial charge in [-0.3, -0.25) is 0 Å². The molecule has 1 aliphatic heterocycles. The first-order chi connectivity index (χ1) is 7.80. The molecule has 2 N–H and O–H groups in total. The molecule has 0 amide bonds. The number of hydrogen-bond donors (Lipinski definition) is 2. The van der Waals surface area contributed by atoms with E-state index in [1.54, 1.807) is 13.8 Å². The summed E-state index contributed by atoms with van der Waals surface area (Å²) in [4.78, 5) is 10.7. The smallest absolute Gasteiger partial charge is 0.337 e. The summed E-state index contributed by atoms with van der Waals surface area (Å²) in [7, 11) is 0. The maximum Gasteiger partial charge on any atom is 0.337 e. The molecule has 1 atom stereocenters. The van der Waals surface area contributed by atoms with Crippen LogP contribution >= 0.6 is 11.6 Å². The molecule has 0 aromatic heterocycles. The van der Waals surface area contributed by atoms with E-state index in [2.05, 4.69) is 0 Å². The van der Waals surface area contributed by atoms with Crippen LogP contribution in [-0.4, -0.2) is 22.0 Å². The van der Waals surface area contributed by atoms with Crippen LogP contribution in [-0.2, 0) is 4.79 Å². The van der Waals surface area contributed by atoms with Crippen LogP contribution in [0.25, 0.3) is 0 Å². The Morgan fingerprint density at radius 3 is 2.65 bits per heavy atom. The summed E-state index contributed by atoms with van der Waals surface area (Å²) in [5.41, 5.74) is 0.155. The molecule has 0 saturated heterocycles. The van der Waals surface area contributed by atoms with Gasteiger partial charge in [-0.25, -0.2) is 4.79 Å². The van der Waals surface area contributed by atoms with Crippen molar-refractivity contribution >= 4 is 17.6 Å². The molecule has 0 spiro atoms. The highest BCUT2D eigenvalue weighted by atomic mass is 35.5. The molecule has 0 aliphatic carbocycles. The number of carboxylic acids is 1. The molecule has 1 unspecified atom stereocenters. The summed E-state index contributed by atoms with van der Waals surface area (Å²) in [6.45, 7) is 3.41. The molecule has 1 aromatic carbocycles. The minimum Gasteiger partial charge on any atom is -0.479 e. The highest BCUT2D eigenvalue weighted by Gasteiger charge is 2.34. The topological polar surface area (TPSA) is 76.0 Å². The van der Waals surface area contributed by atoms with Crippen molar-refractivity contribution in [2.45, 2.75) is 25.7 Å². The zero-order valence-electron chi connectivity index (χ0n) is 9.23. The van der Waals surface area contributed by atoms with Crippen LogP contribution in [0.2, 0.25) is 5.02 Å². The second-order valence-corrected chi connectivity index (χ2v) is 4.58. The Hall–Kier alpha value is -1.46. The summed E-state index contributed by atoms with van der Waals surface area (Å²) in [6.07, 6.45) is -1.63. The quantitative estimate of drug-likeness (QED) is 0.848. The molecule has 1 heterocycles. The molecule has 0 radical (unpaired) electrons. The van der Waals surface area contributed by atoms with Gasteiger partial charge in [0, 0.05) is 13.8 Å². The van der Waals surface area contributed by atoms with Gasteiger partial charge < -0.3 is 19.7 Å². The van der Waals surface area contributed by atoms with Crippen molar-refractivity contribution in [3.05, 3.63) is 22.7 Å². The Kier molecular flexibility index (Phi) is 2.67. The summed E-state index contributed by atoms with van der Waals surface area (Å²) >= 11 is 5.94. The molecule has 92 valence electrons. The lowest BCUT2D eigenvalue weighted by molar-refractivity contribution is -0.146. The number of benzene rings is 1. The number of rotatable bonds is 2. The molecular formula is C11H11ClO5. The largest absolute Gasteiger partial charge is 0.479 e. The third-order valence-corrected chi connectivity index (χ3v) is 2.57. The van der Waals surface area contributed by atoms with Crippen LogP contribution in [0.15, 0.2) is 12.1 Å². The summed E-state index contributed by atoms with van der Waals surface area (Å²) in [5, 5.41) is 18.4. The molecule has 6 heteroatoms. The number of carboxylic acid groups (broad SMARTS) is 1. The third-order valence-electron chi connectivity index (χ3n) is 2.29. The van der Waals surface area contributed by atoms with E-state index in [9.17, 15) is 9.90 Å². The second kappa shape index (κ2) is 3.78. The van der Waals surface area contributed by atoms with Crippen molar-refractivity contribution in [3.8, 4) is 11.5 Å². The Labute approximate surface area is 103 Å². The second-order valence-electron chi connectivity index (χ2n) is 4.17. The monoisotopic (exact) mass is 258 g/mol. The van der Waals surface area contributed by atoms with Gasteiger partial charge in [-0.2, -0.15) is 0 Å². The molecule has 0 saturated carbocycles. The van der Waals surface area contributed by atoms with Gasteiger partial charge in [-0.1, -0.05) is 11.6 Å². The number of carbonyl (C=O) groups is 1. The third kappa shape index (κ3) is 2.16. The van der Waals surface area contributed by atoms with Crippen molar-refractivity contribution in [3.63, 3.8) is 0 Å². The fraction of sp³-hybridized carbons (Fsp3) is 0.364. The van der Waals surface area contributed by atoms with Crippen molar-refractivity contribution < 1.29 is 24.5 Å². The van der Waals surface area contributed by atoms with Gasteiger partial charge in [0.1, 0.15) is 0 Å². The van der Waals surface area contributed by atoms with Crippen LogP contribution in [0.3, 0.4) is 0 Å². The Bertz CT molecular complexity index is 483. The van der Waals surface area contributed by atoms with E-state index in [0.29, 0.717) is 11.5 Å². The van der Waals surface area contributed by atoms with E-state index < -0.39 is 17.9 Å². The maximum atomic E-state index is 10.7. The lowest BCUT2D eigenvalue weighted by Crippen LogP contribution is -2.29. The van der Waals surface area contributed by atoms with Gasteiger partial charge in [-0.05, 0) is 17.7 Å². The number of ether oxygens (including phenoxy) is 2. The van der Waals surface area contributed by atoms with Crippen molar-refractivity contribution in [2.75, 3.05) is 0 Å². The molecule has 5 nitrogen and oxygen atoms in total. The van der Waals surface area contributed by atoms with Gasteiger partial charge in [0.15, 0.2) is 17.6 Å². The summed E-state index contributed by atoms with van der Waals surface area (Å²) < 4.78 is 10.9. The maximum absolute atomic E-state index is 10.7. The number of aliphatic hydroxyl groups excluding tert-OH is 1. The van der Waals surface area contributed by atoms with Crippen molar-refractivity contribution in [2.24, 2.45) is 0 Å². The van der Waals surface area contributed by atoms with E-state index in [-0.39, 0.29) is 10.6 Å². The molecule has 1 aliphatic rings. The highest BCUT2D eigenvalue weighted by molar-refractivity contribution is 6.32. The first-order valence-electron chi connectivity index (χ1n) is 4.92. The first-order valence-corrected chi connectivity index (χ1v) is 5.30. The summed E-state index contributed by atoms with van der Waals surface area (Å²) in [6, 6.07) is 2.76. The normalized spacial score (nSPS) is 17.9. The Balaban J connectivity index is 2.44. The molecule has 17 heavy (non-hydrogen) atoms. The Morgan fingerprint density at radius 1 is 1.41 bits per heavy atom. The zero-order valence-corrected chi connectivity index (χ0v) is 9.99. The van der Waals surface area contributed by atoms with Gasteiger partial charge >= 0.3 is 5.97 Å². The number of hydrogen-bond acceptors (Lipinski definition) is 4. The van der Waals surface area contributed by atoms with E-state index in [1.165, 1.54) is 12.1 Å². The molecule has 1 aromatic rings. The van der Waals surface area contributed by atoms with Crippen LogP contribution in [0, 0.1) is 0 Å². The molecule has 0 fully saturated rings. The van der Waals surface area contributed by atoms with Crippen molar-refractivity contribution in [1.29, 1.82) is 0 Å². The van der Waals surface area contributed by atoms with Crippen LogP contribution in [0.5, 0.6) is 11.5 Å². The predicted molar refractivity (Wildman–Crippen MR) is 59.4 cm³/mol. The van der Waals surface area contributed by atoms with Gasteiger partial charge in [0.25, 0.3) is 0 Å². The average molecular weight is 259 g/mol. The minimum absolute atomic E-state index is 0.155. The molecular weight excluding hydrogens is 248 g/mol. The first kappa shape index (κ1) is 12.0. The van der Waals surface area contributed by atoms with Crippen LogP contribution in [0.1, 0.15) is 25.5 Å². The molecule has 2 rings (SSSR count). The minimum atomic E-state index is -1.63.